The number of methoxy groups -OCH3 is 1. The van der Waals surface area contributed by atoms with E-state index in [0.29, 0.717) is 12.1 Å². The zero-order valence-corrected chi connectivity index (χ0v) is 9.18. The smallest absolute Gasteiger partial charge is 0.0543 e. The Morgan fingerprint density at radius 1 is 1.46 bits per heavy atom. The maximum atomic E-state index is 5.20. The lowest BCUT2D eigenvalue weighted by atomic mass is 10.1. The van der Waals surface area contributed by atoms with Crippen LogP contribution in [0.3, 0.4) is 0 Å². The molecule has 78 valence electrons. The third-order valence-electron chi connectivity index (χ3n) is 2.27. The molecule has 0 rings (SSSR count). The van der Waals surface area contributed by atoms with Gasteiger partial charge in [0.25, 0.3) is 0 Å². The molecular weight excluding hydrogens is 162 g/mol. The maximum absolute atomic E-state index is 5.20. The summed E-state index contributed by atoms with van der Waals surface area (Å²) in [6, 6.07) is 0.570. The van der Waals surface area contributed by atoms with Crippen molar-refractivity contribution in [3.05, 3.63) is 12.7 Å². The average Bonchev–Trinajstić information content (AvgIpc) is 2.14. The second kappa shape index (κ2) is 8.27. The molecule has 0 aromatic rings. The number of rotatable bonds is 8. The van der Waals surface area contributed by atoms with Gasteiger partial charge in [0.1, 0.15) is 0 Å². The molecule has 0 amide bonds. The first kappa shape index (κ1) is 12.7. The molecule has 0 fully saturated rings. The molecule has 2 unspecified atom stereocenters. The summed E-state index contributed by atoms with van der Waals surface area (Å²) in [5.41, 5.74) is 0. The predicted molar refractivity (Wildman–Crippen MR) is 58.0 cm³/mol. The minimum absolute atomic E-state index is 0.367. The molecule has 13 heavy (non-hydrogen) atoms. The van der Waals surface area contributed by atoms with Gasteiger partial charge in [-0.3, -0.25) is 0 Å². The minimum atomic E-state index is 0.367. The third kappa shape index (κ3) is 6.79. The van der Waals surface area contributed by atoms with Gasteiger partial charge in [-0.15, -0.1) is 6.58 Å². The average molecular weight is 185 g/mol. The highest BCUT2D eigenvalue weighted by atomic mass is 16.5. The molecule has 2 nitrogen and oxygen atoms in total. The SMILES string of the molecule is C=CCC(CCC(C)OC)NCC. The Morgan fingerprint density at radius 3 is 2.62 bits per heavy atom. The van der Waals surface area contributed by atoms with Crippen molar-refractivity contribution >= 4 is 0 Å². The number of ether oxygens (including phenoxy) is 1. The highest BCUT2D eigenvalue weighted by Crippen LogP contribution is 2.07. The highest BCUT2D eigenvalue weighted by molar-refractivity contribution is 4.78. The molecule has 2 atom stereocenters. The summed E-state index contributed by atoms with van der Waals surface area (Å²) in [5.74, 6) is 0. The van der Waals surface area contributed by atoms with Crippen molar-refractivity contribution in [1.82, 2.24) is 5.32 Å². The fourth-order valence-electron chi connectivity index (χ4n) is 1.35. The van der Waals surface area contributed by atoms with Gasteiger partial charge in [0.05, 0.1) is 6.10 Å². The van der Waals surface area contributed by atoms with Gasteiger partial charge in [-0.25, -0.2) is 0 Å². The Bertz CT molecular complexity index is 125. The Hall–Kier alpha value is -0.340. The van der Waals surface area contributed by atoms with Crippen LogP contribution in [0.25, 0.3) is 0 Å². The van der Waals surface area contributed by atoms with Crippen molar-refractivity contribution in [3.63, 3.8) is 0 Å². The molecule has 0 saturated heterocycles. The molecule has 0 aliphatic heterocycles. The van der Waals surface area contributed by atoms with Crippen LogP contribution in [0.5, 0.6) is 0 Å². The summed E-state index contributed by atoms with van der Waals surface area (Å²) < 4.78 is 5.20. The molecule has 1 N–H and O–H groups in total. The lowest BCUT2D eigenvalue weighted by molar-refractivity contribution is 0.106. The van der Waals surface area contributed by atoms with Gasteiger partial charge in [0.15, 0.2) is 0 Å². The van der Waals surface area contributed by atoms with Crippen LogP contribution in [0.15, 0.2) is 12.7 Å². The molecular formula is C11H23NO. The third-order valence-corrected chi connectivity index (χ3v) is 2.27. The van der Waals surface area contributed by atoms with Crippen molar-refractivity contribution in [3.8, 4) is 0 Å². The van der Waals surface area contributed by atoms with Crippen molar-refractivity contribution in [2.45, 2.75) is 45.3 Å². The molecule has 0 aliphatic rings. The monoisotopic (exact) mass is 185 g/mol. The van der Waals surface area contributed by atoms with Crippen LogP contribution in [0, 0.1) is 0 Å². The summed E-state index contributed by atoms with van der Waals surface area (Å²) in [5, 5.41) is 3.44. The zero-order chi connectivity index (χ0) is 10.1. The first-order valence-corrected chi connectivity index (χ1v) is 5.11. The van der Waals surface area contributed by atoms with E-state index < -0.39 is 0 Å². The van der Waals surface area contributed by atoms with Gasteiger partial charge in [-0.1, -0.05) is 13.0 Å². The van der Waals surface area contributed by atoms with Crippen LogP contribution >= 0.6 is 0 Å². The van der Waals surface area contributed by atoms with Gasteiger partial charge in [0, 0.05) is 13.2 Å². The van der Waals surface area contributed by atoms with Crippen LogP contribution in [0.2, 0.25) is 0 Å². The highest BCUT2D eigenvalue weighted by Gasteiger charge is 2.07. The van der Waals surface area contributed by atoms with Gasteiger partial charge in [-0.05, 0) is 32.7 Å². The number of hydrogen-bond acceptors (Lipinski definition) is 2. The molecule has 0 aromatic heterocycles. The Kier molecular flexibility index (Phi) is 8.05. The van der Waals surface area contributed by atoms with Gasteiger partial charge < -0.3 is 10.1 Å². The summed E-state index contributed by atoms with van der Waals surface area (Å²) in [4.78, 5) is 0. The van der Waals surface area contributed by atoms with E-state index in [9.17, 15) is 0 Å². The number of nitrogens with one attached hydrogen (secondary N) is 1. The van der Waals surface area contributed by atoms with E-state index in [4.69, 9.17) is 4.74 Å². The lowest BCUT2D eigenvalue weighted by Crippen LogP contribution is -2.29. The van der Waals surface area contributed by atoms with Gasteiger partial charge in [-0.2, -0.15) is 0 Å². The minimum Gasteiger partial charge on any atom is -0.382 e. The van der Waals surface area contributed by atoms with Gasteiger partial charge in [0.2, 0.25) is 0 Å². The van der Waals surface area contributed by atoms with Crippen molar-refractivity contribution in [2.75, 3.05) is 13.7 Å². The fourth-order valence-corrected chi connectivity index (χ4v) is 1.35. The number of hydrogen-bond donors (Lipinski definition) is 1. The van der Waals surface area contributed by atoms with E-state index in [1.807, 2.05) is 6.08 Å². The lowest BCUT2D eigenvalue weighted by Gasteiger charge is -2.17. The van der Waals surface area contributed by atoms with E-state index in [-0.39, 0.29) is 0 Å². The van der Waals surface area contributed by atoms with E-state index in [1.54, 1.807) is 7.11 Å². The summed E-state index contributed by atoms with van der Waals surface area (Å²) in [6.07, 6.45) is 5.66. The van der Waals surface area contributed by atoms with E-state index in [2.05, 4.69) is 25.7 Å². The van der Waals surface area contributed by atoms with Crippen molar-refractivity contribution in [2.24, 2.45) is 0 Å². The second-order valence-electron chi connectivity index (χ2n) is 3.40. The maximum Gasteiger partial charge on any atom is 0.0543 e. The summed E-state index contributed by atoms with van der Waals surface area (Å²) >= 11 is 0. The van der Waals surface area contributed by atoms with Crippen LogP contribution in [0.1, 0.15) is 33.1 Å². The molecule has 0 radical (unpaired) electrons. The van der Waals surface area contributed by atoms with E-state index in [1.165, 1.54) is 0 Å². The topological polar surface area (TPSA) is 21.3 Å². The molecule has 0 aromatic carbocycles. The molecule has 2 heteroatoms. The van der Waals surface area contributed by atoms with Crippen molar-refractivity contribution < 1.29 is 4.74 Å². The largest absolute Gasteiger partial charge is 0.382 e. The molecule has 0 spiro atoms. The molecule has 0 heterocycles. The van der Waals surface area contributed by atoms with E-state index in [0.717, 1.165) is 25.8 Å². The first-order chi connectivity index (χ1) is 6.24. The Balaban J connectivity index is 3.60. The molecule has 0 saturated carbocycles. The standard InChI is InChI=1S/C11H23NO/c1-5-7-11(12-6-2)9-8-10(3)13-4/h5,10-12H,1,6-9H2,2-4H3. The predicted octanol–water partition coefficient (Wildman–Crippen LogP) is 2.36. The summed E-state index contributed by atoms with van der Waals surface area (Å²) in [6.45, 7) is 9.03. The molecule has 0 aliphatic carbocycles. The fraction of sp³-hybridized carbons (Fsp3) is 0.818. The Labute approximate surface area is 82.4 Å². The van der Waals surface area contributed by atoms with Crippen LogP contribution in [-0.4, -0.2) is 25.8 Å². The zero-order valence-electron chi connectivity index (χ0n) is 9.18. The first-order valence-electron chi connectivity index (χ1n) is 5.11. The normalized spacial score (nSPS) is 15.3. The van der Waals surface area contributed by atoms with Gasteiger partial charge >= 0.3 is 0 Å². The quantitative estimate of drug-likeness (QED) is 0.586. The second-order valence-corrected chi connectivity index (χ2v) is 3.40. The Morgan fingerprint density at radius 2 is 2.15 bits per heavy atom. The van der Waals surface area contributed by atoms with Crippen LogP contribution in [0.4, 0.5) is 0 Å². The van der Waals surface area contributed by atoms with Crippen molar-refractivity contribution in [1.29, 1.82) is 0 Å². The van der Waals surface area contributed by atoms with Crippen LogP contribution < -0.4 is 5.32 Å². The van der Waals surface area contributed by atoms with E-state index >= 15 is 0 Å². The molecule has 0 bridgehead atoms. The van der Waals surface area contributed by atoms with Crippen LogP contribution in [-0.2, 0) is 4.74 Å². The summed E-state index contributed by atoms with van der Waals surface area (Å²) in [7, 11) is 1.76.